The van der Waals surface area contributed by atoms with E-state index in [2.05, 4.69) is 14.7 Å². The van der Waals surface area contributed by atoms with Gasteiger partial charge in [-0.25, -0.2) is 17.8 Å². The predicted octanol–water partition coefficient (Wildman–Crippen LogP) is 2.99. The average molecular weight is 323 g/mol. The largest absolute Gasteiger partial charge is 0.266 e. The van der Waals surface area contributed by atoms with Crippen molar-refractivity contribution in [2.24, 2.45) is 0 Å². The first-order chi connectivity index (χ1) is 10.3. The summed E-state index contributed by atoms with van der Waals surface area (Å²) >= 11 is 0. The quantitative estimate of drug-likeness (QED) is 0.918. The fourth-order valence-electron chi connectivity index (χ4n) is 1.98. The van der Waals surface area contributed by atoms with Crippen LogP contribution in [0.2, 0.25) is 0 Å². The van der Waals surface area contributed by atoms with Crippen molar-refractivity contribution < 1.29 is 12.8 Å². The van der Waals surface area contributed by atoms with Crippen LogP contribution in [0, 0.1) is 12.7 Å². The minimum Gasteiger partial charge on any atom is -0.266 e. The maximum absolute atomic E-state index is 13.5. The third-order valence-electron chi connectivity index (χ3n) is 3.12. The summed E-state index contributed by atoms with van der Waals surface area (Å²) in [6.07, 6.45) is 2.94. The zero-order valence-electron chi connectivity index (χ0n) is 12.7. The topological polar surface area (TPSA) is 72.0 Å². The van der Waals surface area contributed by atoms with Crippen molar-refractivity contribution in [1.29, 1.82) is 0 Å². The molecule has 0 aliphatic heterocycles. The molecule has 0 atom stereocenters. The molecule has 0 amide bonds. The van der Waals surface area contributed by atoms with Gasteiger partial charge in [0.05, 0.1) is 11.4 Å². The van der Waals surface area contributed by atoms with Crippen molar-refractivity contribution in [2.45, 2.75) is 32.4 Å². The third kappa shape index (κ3) is 4.00. The van der Waals surface area contributed by atoms with E-state index in [4.69, 9.17) is 0 Å². The minimum atomic E-state index is -3.69. The van der Waals surface area contributed by atoms with Gasteiger partial charge in [-0.3, -0.25) is 9.71 Å². The first-order valence-electron chi connectivity index (χ1n) is 6.85. The molecular formula is C15H18FN3O2S. The van der Waals surface area contributed by atoms with Crippen LogP contribution in [0.4, 0.5) is 10.2 Å². The molecule has 0 bridgehead atoms. The van der Waals surface area contributed by atoms with Crippen LogP contribution in [0.5, 0.6) is 0 Å². The van der Waals surface area contributed by atoms with Crippen molar-refractivity contribution in [3.8, 4) is 0 Å². The maximum Gasteiger partial charge on any atom is 0.238 e. The molecule has 0 saturated carbocycles. The Kier molecular flexibility index (Phi) is 4.75. The lowest BCUT2D eigenvalue weighted by Crippen LogP contribution is -2.18. The maximum atomic E-state index is 13.5. The van der Waals surface area contributed by atoms with E-state index in [0.717, 1.165) is 0 Å². The molecular weight excluding hydrogens is 305 g/mol. The highest BCUT2D eigenvalue weighted by Crippen LogP contribution is 2.21. The molecule has 5 nitrogen and oxygen atoms in total. The third-order valence-corrected chi connectivity index (χ3v) is 4.34. The molecule has 1 aromatic carbocycles. The fourth-order valence-corrected chi connectivity index (χ4v) is 3.12. The second-order valence-electron chi connectivity index (χ2n) is 5.39. The zero-order chi connectivity index (χ0) is 16.3. The number of hydrogen-bond donors (Lipinski definition) is 1. The molecule has 0 radical (unpaired) electrons. The Balaban J connectivity index is 2.23. The number of nitrogens with zero attached hydrogens (tertiary/aromatic N) is 2. The number of aryl methyl sites for hydroxylation is 1. The Labute approximate surface area is 129 Å². The lowest BCUT2D eigenvalue weighted by atomic mass is 10.1. The van der Waals surface area contributed by atoms with E-state index >= 15 is 0 Å². The summed E-state index contributed by atoms with van der Waals surface area (Å²) in [5, 5.41) is 0. The van der Waals surface area contributed by atoms with Gasteiger partial charge < -0.3 is 0 Å². The Morgan fingerprint density at radius 1 is 1.23 bits per heavy atom. The molecule has 0 unspecified atom stereocenters. The summed E-state index contributed by atoms with van der Waals surface area (Å²) in [4.78, 5) is 8.18. The van der Waals surface area contributed by atoms with Gasteiger partial charge >= 0.3 is 0 Å². The summed E-state index contributed by atoms with van der Waals surface area (Å²) in [5.41, 5.74) is 1.43. The van der Waals surface area contributed by atoms with Gasteiger partial charge in [0.2, 0.25) is 10.0 Å². The molecule has 0 aliphatic rings. The monoisotopic (exact) mass is 323 g/mol. The summed E-state index contributed by atoms with van der Waals surface area (Å²) in [6, 6.07) is 4.38. The van der Waals surface area contributed by atoms with E-state index in [1.807, 2.05) is 13.8 Å². The van der Waals surface area contributed by atoms with Gasteiger partial charge in [0.25, 0.3) is 0 Å². The van der Waals surface area contributed by atoms with Gasteiger partial charge in [-0.1, -0.05) is 26.0 Å². The van der Waals surface area contributed by atoms with Crippen LogP contribution in [0.15, 0.2) is 30.6 Å². The van der Waals surface area contributed by atoms with E-state index in [1.54, 1.807) is 19.1 Å². The Morgan fingerprint density at radius 3 is 2.55 bits per heavy atom. The predicted molar refractivity (Wildman–Crippen MR) is 83.5 cm³/mol. The molecule has 0 saturated heterocycles. The number of rotatable bonds is 5. The van der Waals surface area contributed by atoms with E-state index in [9.17, 15) is 12.8 Å². The van der Waals surface area contributed by atoms with Crippen LogP contribution < -0.4 is 4.72 Å². The molecule has 7 heteroatoms. The van der Waals surface area contributed by atoms with Crippen molar-refractivity contribution in [3.63, 3.8) is 0 Å². The highest BCUT2D eigenvalue weighted by molar-refractivity contribution is 7.91. The van der Waals surface area contributed by atoms with Gasteiger partial charge in [0, 0.05) is 12.4 Å². The molecule has 2 rings (SSSR count). The second kappa shape index (κ2) is 6.39. The Bertz CT molecular complexity index is 776. The van der Waals surface area contributed by atoms with Crippen molar-refractivity contribution in [2.75, 3.05) is 4.72 Å². The SMILES string of the molecule is Cc1ccc(CS(=O)(=O)Nc2nccnc2C(C)C)cc1F. The van der Waals surface area contributed by atoms with Crippen LogP contribution in [-0.4, -0.2) is 18.4 Å². The molecule has 1 aromatic heterocycles. The highest BCUT2D eigenvalue weighted by atomic mass is 32.2. The van der Waals surface area contributed by atoms with Crippen molar-refractivity contribution in [1.82, 2.24) is 9.97 Å². The standard InChI is InChI=1S/C15H18FN3O2S/c1-10(2)14-15(18-7-6-17-14)19-22(20,21)9-12-5-4-11(3)13(16)8-12/h4-8,10H,9H2,1-3H3,(H,18,19). The van der Waals surface area contributed by atoms with Gasteiger partial charge in [0.1, 0.15) is 5.82 Å². The van der Waals surface area contributed by atoms with Crippen molar-refractivity contribution in [3.05, 3.63) is 53.2 Å². The van der Waals surface area contributed by atoms with E-state index < -0.39 is 15.8 Å². The van der Waals surface area contributed by atoms with E-state index in [1.165, 1.54) is 18.5 Å². The molecule has 22 heavy (non-hydrogen) atoms. The molecule has 1 heterocycles. The smallest absolute Gasteiger partial charge is 0.238 e. The van der Waals surface area contributed by atoms with Crippen LogP contribution >= 0.6 is 0 Å². The number of sulfonamides is 1. The Hall–Kier alpha value is -2.02. The Morgan fingerprint density at radius 2 is 1.91 bits per heavy atom. The van der Waals surface area contributed by atoms with Gasteiger partial charge in [-0.05, 0) is 30.0 Å². The summed E-state index contributed by atoms with van der Waals surface area (Å²) in [5.74, 6) is -0.499. The fraction of sp³-hybridized carbons (Fsp3) is 0.333. The van der Waals surface area contributed by atoms with Crippen LogP contribution in [0.1, 0.15) is 36.6 Å². The molecule has 0 fully saturated rings. The summed E-state index contributed by atoms with van der Waals surface area (Å²) < 4.78 is 40.4. The minimum absolute atomic E-state index is 0.0308. The average Bonchev–Trinajstić information content (AvgIpc) is 2.42. The van der Waals surface area contributed by atoms with E-state index in [-0.39, 0.29) is 17.5 Å². The summed E-state index contributed by atoms with van der Waals surface area (Å²) in [6.45, 7) is 5.43. The first kappa shape index (κ1) is 16.4. The molecule has 2 aromatic rings. The number of aromatic nitrogens is 2. The van der Waals surface area contributed by atoms with E-state index in [0.29, 0.717) is 16.8 Å². The lowest BCUT2D eigenvalue weighted by Gasteiger charge is -2.12. The first-order valence-corrected chi connectivity index (χ1v) is 8.50. The number of benzene rings is 1. The highest BCUT2D eigenvalue weighted by Gasteiger charge is 2.17. The molecule has 118 valence electrons. The van der Waals surface area contributed by atoms with Gasteiger partial charge in [-0.2, -0.15) is 0 Å². The van der Waals surface area contributed by atoms with Crippen LogP contribution in [0.25, 0.3) is 0 Å². The van der Waals surface area contributed by atoms with Crippen LogP contribution in [0.3, 0.4) is 0 Å². The van der Waals surface area contributed by atoms with Gasteiger partial charge in [-0.15, -0.1) is 0 Å². The normalized spacial score (nSPS) is 11.7. The van der Waals surface area contributed by atoms with Crippen LogP contribution in [-0.2, 0) is 15.8 Å². The van der Waals surface area contributed by atoms with Crippen molar-refractivity contribution >= 4 is 15.8 Å². The second-order valence-corrected chi connectivity index (χ2v) is 7.11. The lowest BCUT2D eigenvalue weighted by molar-refractivity contribution is 0.598. The number of halogens is 1. The molecule has 1 N–H and O–H groups in total. The molecule has 0 aliphatic carbocycles. The number of hydrogen-bond acceptors (Lipinski definition) is 4. The number of anilines is 1. The molecule has 0 spiro atoms. The summed E-state index contributed by atoms with van der Waals surface area (Å²) in [7, 11) is -3.69. The van der Waals surface area contributed by atoms with Gasteiger partial charge in [0.15, 0.2) is 5.82 Å². The number of nitrogens with one attached hydrogen (secondary N) is 1. The zero-order valence-corrected chi connectivity index (χ0v) is 13.5.